The summed E-state index contributed by atoms with van der Waals surface area (Å²) in [5, 5.41) is 19.6. The van der Waals surface area contributed by atoms with Gasteiger partial charge >= 0.3 is 0 Å². The van der Waals surface area contributed by atoms with Crippen LogP contribution in [0, 0.1) is 5.92 Å². The normalized spacial score (nSPS) is 15.8. The number of rotatable bonds is 7. The number of aliphatic hydroxyl groups excluding tert-OH is 1. The first-order valence-electron chi connectivity index (χ1n) is 7.68. The first-order chi connectivity index (χ1) is 10.1. The summed E-state index contributed by atoms with van der Waals surface area (Å²) < 4.78 is 5.35. The van der Waals surface area contributed by atoms with Crippen molar-refractivity contribution in [2.45, 2.75) is 45.6 Å². The van der Waals surface area contributed by atoms with Crippen LogP contribution in [0.4, 0.5) is 0 Å². The van der Waals surface area contributed by atoms with Gasteiger partial charge in [0.15, 0.2) is 5.69 Å². The Balaban J connectivity index is 1.78. The molecule has 1 amide bonds. The molecule has 0 saturated carbocycles. The second-order valence-electron chi connectivity index (χ2n) is 6.03. The minimum Gasteiger partial charge on any atom is -0.389 e. The summed E-state index contributed by atoms with van der Waals surface area (Å²) in [5.41, 5.74) is 2.58. The van der Waals surface area contributed by atoms with E-state index in [4.69, 9.17) is 4.74 Å². The average Bonchev–Trinajstić information content (AvgIpc) is 2.88. The number of aliphatic hydroxyl groups is 1. The van der Waals surface area contributed by atoms with Gasteiger partial charge in [-0.2, -0.15) is 5.10 Å². The van der Waals surface area contributed by atoms with E-state index in [0.29, 0.717) is 18.2 Å². The molecule has 1 aromatic heterocycles. The van der Waals surface area contributed by atoms with E-state index in [-0.39, 0.29) is 19.1 Å². The van der Waals surface area contributed by atoms with Gasteiger partial charge in [-0.25, -0.2) is 0 Å². The monoisotopic (exact) mass is 295 g/mol. The third kappa shape index (κ3) is 4.54. The van der Waals surface area contributed by atoms with Crippen LogP contribution in [0.3, 0.4) is 0 Å². The van der Waals surface area contributed by atoms with Crippen molar-refractivity contribution in [3.63, 3.8) is 0 Å². The van der Waals surface area contributed by atoms with Gasteiger partial charge in [0.1, 0.15) is 0 Å². The molecule has 1 aliphatic rings. The number of carbonyl (C=O) groups excluding carboxylic acids is 1. The fourth-order valence-electron chi connectivity index (χ4n) is 2.46. The lowest BCUT2D eigenvalue weighted by atomic mass is 9.96. The first-order valence-corrected chi connectivity index (χ1v) is 7.68. The minimum atomic E-state index is -0.692. The van der Waals surface area contributed by atoms with Crippen LogP contribution in [-0.4, -0.2) is 47.1 Å². The fourth-order valence-corrected chi connectivity index (χ4v) is 2.46. The number of H-pyrrole nitrogens is 1. The molecule has 1 aliphatic carbocycles. The molecule has 6 nitrogen and oxygen atoms in total. The number of nitrogens with one attached hydrogen (secondary N) is 2. The van der Waals surface area contributed by atoms with Gasteiger partial charge in [0.05, 0.1) is 12.7 Å². The van der Waals surface area contributed by atoms with E-state index in [1.165, 1.54) is 0 Å². The largest absolute Gasteiger partial charge is 0.389 e. The lowest BCUT2D eigenvalue weighted by Gasteiger charge is -2.14. The summed E-state index contributed by atoms with van der Waals surface area (Å²) >= 11 is 0. The molecule has 1 heterocycles. The second-order valence-corrected chi connectivity index (χ2v) is 6.03. The van der Waals surface area contributed by atoms with Crippen molar-refractivity contribution in [2.75, 3.05) is 19.8 Å². The molecule has 0 saturated heterocycles. The summed E-state index contributed by atoms with van der Waals surface area (Å²) in [7, 11) is 0. The SMILES string of the molecule is CC(C)COCC(O)CNC(=O)c1n[nH]c2c1CCCC2. The Morgan fingerprint density at radius 2 is 2.14 bits per heavy atom. The molecule has 1 aromatic rings. The van der Waals surface area contributed by atoms with Crippen molar-refractivity contribution in [3.05, 3.63) is 17.0 Å². The highest BCUT2D eigenvalue weighted by molar-refractivity contribution is 5.94. The van der Waals surface area contributed by atoms with Crippen molar-refractivity contribution in [1.29, 1.82) is 0 Å². The van der Waals surface area contributed by atoms with Crippen LogP contribution in [0.15, 0.2) is 0 Å². The summed E-state index contributed by atoms with van der Waals surface area (Å²) in [6.07, 6.45) is 3.40. The van der Waals surface area contributed by atoms with Crippen LogP contribution in [0.1, 0.15) is 48.4 Å². The van der Waals surface area contributed by atoms with E-state index in [9.17, 15) is 9.90 Å². The zero-order valence-electron chi connectivity index (χ0n) is 12.8. The van der Waals surface area contributed by atoms with Crippen molar-refractivity contribution in [2.24, 2.45) is 5.92 Å². The maximum Gasteiger partial charge on any atom is 0.272 e. The Morgan fingerprint density at radius 1 is 1.38 bits per heavy atom. The van der Waals surface area contributed by atoms with Crippen LogP contribution in [0.5, 0.6) is 0 Å². The minimum absolute atomic E-state index is 0.179. The smallest absolute Gasteiger partial charge is 0.272 e. The molecule has 1 atom stereocenters. The number of amides is 1. The van der Waals surface area contributed by atoms with Gasteiger partial charge < -0.3 is 15.2 Å². The molecule has 118 valence electrons. The summed E-state index contributed by atoms with van der Waals surface area (Å²) in [5.74, 6) is 0.208. The second kappa shape index (κ2) is 7.56. The molecule has 21 heavy (non-hydrogen) atoms. The van der Waals surface area contributed by atoms with Gasteiger partial charge in [-0.3, -0.25) is 9.89 Å². The topological polar surface area (TPSA) is 87.2 Å². The van der Waals surface area contributed by atoms with Crippen LogP contribution < -0.4 is 5.32 Å². The molecule has 1 unspecified atom stereocenters. The maximum atomic E-state index is 12.1. The molecule has 0 spiro atoms. The number of fused-ring (bicyclic) bond motifs is 1. The van der Waals surface area contributed by atoms with Gasteiger partial charge in [-0.05, 0) is 31.6 Å². The van der Waals surface area contributed by atoms with Crippen molar-refractivity contribution >= 4 is 5.91 Å². The van der Waals surface area contributed by atoms with Crippen LogP contribution >= 0.6 is 0 Å². The zero-order chi connectivity index (χ0) is 15.2. The standard InChI is InChI=1S/C15H25N3O3/c1-10(2)8-21-9-11(19)7-16-15(20)14-12-5-3-4-6-13(12)17-18-14/h10-11,19H,3-9H2,1-2H3,(H,16,20)(H,17,18). The molecule has 2 rings (SSSR count). The third-order valence-corrected chi connectivity index (χ3v) is 3.53. The lowest BCUT2D eigenvalue weighted by Crippen LogP contribution is -2.35. The van der Waals surface area contributed by atoms with E-state index in [1.807, 2.05) is 0 Å². The van der Waals surface area contributed by atoms with Gasteiger partial charge in [0.25, 0.3) is 5.91 Å². The Bertz CT molecular complexity index is 471. The quantitative estimate of drug-likeness (QED) is 0.702. The van der Waals surface area contributed by atoms with Gasteiger partial charge in [-0.15, -0.1) is 0 Å². The Hall–Kier alpha value is -1.40. The number of aryl methyl sites for hydroxylation is 1. The molecule has 0 fully saturated rings. The number of aromatic amines is 1. The number of aromatic nitrogens is 2. The van der Waals surface area contributed by atoms with Gasteiger partial charge in [0, 0.05) is 24.4 Å². The molecule has 0 bridgehead atoms. The van der Waals surface area contributed by atoms with Gasteiger partial charge in [-0.1, -0.05) is 13.8 Å². The van der Waals surface area contributed by atoms with Gasteiger partial charge in [0.2, 0.25) is 0 Å². The highest BCUT2D eigenvalue weighted by Gasteiger charge is 2.21. The zero-order valence-corrected chi connectivity index (χ0v) is 12.8. The van der Waals surface area contributed by atoms with E-state index in [1.54, 1.807) is 0 Å². The molecule has 3 N–H and O–H groups in total. The number of ether oxygens (including phenoxy) is 1. The summed E-state index contributed by atoms with van der Waals surface area (Å²) in [6, 6.07) is 0. The molecule has 6 heteroatoms. The average molecular weight is 295 g/mol. The Kier molecular flexibility index (Phi) is 5.76. The first kappa shape index (κ1) is 16.0. The van der Waals surface area contributed by atoms with Crippen molar-refractivity contribution in [1.82, 2.24) is 15.5 Å². The number of carbonyl (C=O) groups is 1. The Morgan fingerprint density at radius 3 is 2.90 bits per heavy atom. The van der Waals surface area contributed by atoms with E-state index in [0.717, 1.165) is 36.9 Å². The highest BCUT2D eigenvalue weighted by atomic mass is 16.5. The van der Waals surface area contributed by atoms with Crippen LogP contribution in [0.2, 0.25) is 0 Å². The van der Waals surface area contributed by atoms with E-state index < -0.39 is 6.10 Å². The molecular formula is C15H25N3O3. The predicted molar refractivity (Wildman–Crippen MR) is 79.2 cm³/mol. The fraction of sp³-hybridized carbons (Fsp3) is 0.733. The van der Waals surface area contributed by atoms with E-state index in [2.05, 4.69) is 29.4 Å². The van der Waals surface area contributed by atoms with E-state index >= 15 is 0 Å². The number of hydrogen-bond acceptors (Lipinski definition) is 4. The van der Waals surface area contributed by atoms with Crippen molar-refractivity contribution in [3.8, 4) is 0 Å². The molecule has 0 aliphatic heterocycles. The predicted octanol–water partition coefficient (Wildman–Crippen LogP) is 1.05. The third-order valence-electron chi connectivity index (χ3n) is 3.53. The summed E-state index contributed by atoms with van der Waals surface area (Å²) in [6.45, 7) is 5.12. The highest BCUT2D eigenvalue weighted by Crippen LogP contribution is 2.21. The number of hydrogen-bond donors (Lipinski definition) is 3. The summed E-state index contributed by atoms with van der Waals surface area (Å²) in [4.78, 5) is 12.1. The van der Waals surface area contributed by atoms with Crippen LogP contribution in [-0.2, 0) is 17.6 Å². The Labute approximate surface area is 125 Å². The van der Waals surface area contributed by atoms with Crippen molar-refractivity contribution < 1.29 is 14.6 Å². The number of nitrogens with zero attached hydrogens (tertiary/aromatic N) is 1. The maximum absolute atomic E-state index is 12.1. The molecular weight excluding hydrogens is 270 g/mol. The molecule has 0 radical (unpaired) electrons. The lowest BCUT2D eigenvalue weighted by molar-refractivity contribution is 0.0259. The van der Waals surface area contributed by atoms with Crippen LogP contribution in [0.25, 0.3) is 0 Å². The molecule has 0 aromatic carbocycles.